The minimum absolute atomic E-state index is 0.00700. The smallest absolute Gasteiger partial charge is 0.0857 e. The van der Waals surface area contributed by atoms with E-state index in [9.17, 15) is 0 Å². The van der Waals surface area contributed by atoms with E-state index in [4.69, 9.17) is 33.2 Å². The Kier molecular flexibility index (Phi) is 13.5. The topological polar surface area (TPSA) is 64.6 Å². The minimum Gasteiger partial charge on any atom is -0.377 e. The fourth-order valence-electron chi connectivity index (χ4n) is 2.09. The third-order valence-corrected chi connectivity index (χ3v) is 3.64. The Labute approximate surface area is 152 Å². The summed E-state index contributed by atoms with van der Waals surface area (Å²) in [6.07, 6.45) is 0.0157. The molecular weight excluding hydrogens is 328 g/mol. The lowest BCUT2D eigenvalue weighted by Crippen LogP contribution is -2.35. The van der Waals surface area contributed by atoms with Crippen LogP contribution in [0.15, 0.2) is 0 Å². The molecule has 0 amide bonds. The third kappa shape index (κ3) is 13.6. The molecule has 1 saturated heterocycles. The van der Waals surface area contributed by atoms with Gasteiger partial charge in [-0.25, -0.2) is 0 Å². The van der Waals surface area contributed by atoms with E-state index < -0.39 is 0 Å². The Balaban J connectivity index is 2.28. The van der Waals surface area contributed by atoms with Gasteiger partial charge in [0.05, 0.1) is 92.0 Å². The predicted molar refractivity (Wildman–Crippen MR) is 94.1 cm³/mol. The van der Waals surface area contributed by atoms with E-state index in [1.807, 2.05) is 0 Å². The summed E-state index contributed by atoms with van der Waals surface area (Å²) in [7, 11) is 0. The molecule has 0 aromatic carbocycles. The van der Waals surface area contributed by atoms with Crippen molar-refractivity contribution in [3.8, 4) is 0 Å². The van der Waals surface area contributed by atoms with E-state index in [1.165, 1.54) is 0 Å². The molecule has 25 heavy (non-hydrogen) atoms. The van der Waals surface area contributed by atoms with Gasteiger partial charge in [-0.2, -0.15) is 0 Å². The molecule has 0 aromatic heterocycles. The van der Waals surface area contributed by atoms with Gasteiger partial charge in [0.25, 0.3) is 0 Å². The standard InChI is InChI=1S/C18H36O7/c1-18(2,3)17-16-24-13-12-22-9-8-20-5-4-19-6-7-21-10-11-23-14-15-25-17/h17H,4-16H2,1-3H3. The van der Waals surface area contributed by atoms with Gasteiger partial charge in [-0.05, 0) is 5.41 Å². The molecule has 1 fully saturated rings. The minimum atomic E-state index is 0.00700. The van der Waals surface area contributed by atoms with Gasteiger partial charge in [0.2, 0.25) is 0 Å². The van der Waals surface area contributed by atoms with Crippen molar-refractivity contribution in [2.45, 2.75) is 26.9 Å². The second-order valence-electron chi connectivity index (χ2n) is 6.86. The number of ether oxygens (including phenoxy) is 7. The summed E-state index contributed by atoms with van der Waals surface area (Å²) in [5, 5.41) is 0. The normalized spacial score (nSPS) is 25.8. The molecule has 7 heteroatoms. The second kappa shape index (κ2) is 14.8. The van der Waals surface area contributed by atoms with E-state index in [0.717, 1.165) is 0 Å². The molecule has 1 unspecified atom stereocenters. The van der Waals surface area contributed by atoms with Crippen LogP contribution in [0.25, 0.3) is 0 Å². The zero-order valence-electron chi connectivity index (χ0n) is 16.1. The number of rotatable bonds is 0. The van der Waals surface area contributed by atoms with Crippen LogP contribution in [0.3, 0.4) is 0 Å². The zero-order valence-corrected chi connectivity index (χ0v) is 16.1. The average molecular weight is 364 g/mol. The van der Waals surface area contributed by atoms with Gasteiger partial charge in [-0.3, -0.25) is 0 Å². The summed E-state index contributed by atoms with van der Waals surface area (Å²) < 4.78 is 38.9. The van der Waals surface area contributed by atoms with E-state index in [2.05, 4.69) is 20.8 Å². The van der Waals surface area contributed by atoms with Gasteiger partial charge < -0.3 is 33.2 Å². The Morgan fingerprint density at radius 3 is 1.16 bits per heavy atom. The van der Waals surface area contributed by atoms with Gasteiger partial charge in [0.1, 0.15) is 0 Å². The lowest BCUT2D eigenvalue weighted by atomic mass is 9.89. The lowest BCUT2D eigenvalue weighted by molar-refractivity contribution is -0.0911. The fourth-order valence-corrected chi connectivity index (χ4v) is 2.09. The van der Waals surface area contributed by atoms with Crippen LogP contribution in [0.1, 0.15) is 20.8 Å². The second-order valence-corrected chi connectivity index (χ2v) is 6.86. The molecule has 0 bridgehead atoms. The number of hydrogen-bond acceptors (Lipinski definition) is 7. The summed E-state index contributed by atoms with van der Waals surface area (Å²) in [5.41, 5.74) is 0.00700. The first-order valence-electron chi connectivity index (χ1n) is 9.19. The molecule has 1 heterocycles. The summed E-state index contributed by atoms with van der Waals surface area (Å²) in [6, 6.07) is 0. The third-order valence-electron chi connectivity index (χ3n) is 3.64. The molecule has 1 aliphatic heterocycles. The van der Waals surface area contributed by atoms with Crippen LogP contribution in [-0.4, -0.2) is 92.0 Å². The maximum Gasteiger partial charge on any atom is 0.0857 e. The molecule has 0 N–H and O–H groups in total. The van der Waals surface area contributed by atoms with Crippen LogP contribution in [0.5, 0.6) is 0 Å². The highest BCUT2D eigenvalue weighted by Gasteiger charge is 2.25. The fraction of sp³-hybridized carbons (Fsp3) is 1.00. The average Bonchev–Trinajstić information content (AvgIpc) is 2.56. The van der Waals surface area contributed by atoms with Gasteiger partial charge in [-0.1, -0.05) is 20.8 Å². The van der Waals surface area contributed by atoms with Crippen LogP contribution >= 0.6 is 0 Å². The highest BCUT2D eigenvalue weighted by atomic mass is 16.6. The first-order chi connectivity index (χ1) is 12.1. The molecule has 150 valence electrons. The van der Waals surface area contributed by atoms with Crippen LogP contribution in [0.2, 0.25) is 0 Å². The van der Waals surface area contributed by atoms with E-state index >= 15 is 0 Å². The maximum atomic E-state index is 5.93. The van der Waals surface area contributed by atoms with Crippen LogP contribution in [-0.2, 0) is 33.2 Å². The molecular formula is C18H36O7. The van der Waals surface area contributed by atoms with Gasteiger partial charge >= 0.3 is 0 Å². The summed E-state index contributed by atoms with van der Waals surface area (Å²) in [6.45, 7) is 13.7. The van der Waals surface area contributed by atoms with Crippen molar-refractivity contribution in [2.24, 2.45) is 5.41 Å². The molecule has 0 radical (unpaired) electrons. The van der Waals surface area contributed by atoms with Crippen molar-refractivity contribution < 1.29 is 33.2 Å². The van der Waals surface area contributed by atoms with Crippen LogP contribution in [0, 0.1) is 5.41 Å². The van der Waals surface area contributed by atoms with Crippen LogP contribution in [0.4, 0.5) is 0 Å². The summed E-state index contributed by atoms with van der Waals surface area (Å²) >= 11 is 0. The summed E-state index contributed by atoms with van der Waals surface area (Å²) in [5.74, 6) is 0. The van der Waals surface area contributed by atoms with Crippen molar-refractivity contribution in [1.29, 1.82) is 0 Å². The number of hydrogen-bond donors (Lipinski definition) is 0. The molecule has 1 atom stereocenters. The molecule has 0 saturated carbocycles. The summed E-state index contributed by atoms with van der Waals surface area (Å²) in [4.78, 5) is 0. The van der Waals surface area contributed by atoms with Gasteiger partial charge in [-0.15, -0.1) is 0 Å². The first-order valence-corrected chi connectivity index (χ1v) is 9.19. The largest absolute Gasteiger partial charge is 0.377 e. The highest BCUT2D eigenvalue weighted by Crippen LogP contribution is 2.22. The van der Waals surface area contributed by atoms with Gasteiger partial charge in [0, 0.05) is 0 Å². The molecule has 7 nitrogen and oxygen atoms in total. The SMILES string of the molecule is CC(C)(C)C1COCCOCCOCCOCCOCCOCCO1. The van der Waals surface area contributed by atoms with Crippen molar-refractivity contribution >= 4 is 0 Å². The predicted octanol–water partition coefficient (Wildman–Crippen LogP) is 1.53. The quantitative estimate of drug-likeness (QED) is 0.646. The molecule has 0 spiro atoms. The lowest BCUT2D eigenvalue weighted by Gasteiger charge is -2.30. The Hall–Kier alpha value is -0.280. The Morgan fingerprint density at radius 2 is 0.800 bits per heavy atom. The Morgan fingerprint density at radius 1 is 0.480 bits per heavy atom. The molecule has 1 rings (SSSR count). The van der Waals surface area contributed by atoms with E-state index in [-0.39, 0.29) is 11.5 Å². The van der Waals surface area contributed by atoms with Crippen molar-refractivity contribution in [1.82, 2.24) is 0 Å². The van der Waals surface area contributed by atoms with Crippen molar-refractivity contribution in [3.05, 3.63) is 0 Å². The molecule has 1 aliphatic rings. The Bertz CT molecular complexity index is 272. The maximum absolute atomic E-state index is 5.93. The highest BCUT2D eigenvalue weighted by molar-refractivity contribution is 4.74. The molecule has 0 aliphatic carbocycles. The van der Waals surface area contributed by atoms with Crippen molar-refractivity contribution in [2.75, 3.05) is 85.9 Å². The van der Waals surface area contributed by atoms with Crippen molar-refractivity contribution in [3.63, 3.8) is 0 Å². The van der Waals surface area contributed by atoms with Crippen LogP contribution < -0.4 is 0 Å². The zero-order chi connectivity index (χ0) is 18.2. The monoisotopic (exact) mass is 364 g/mol. The molecule has 0 aromatic rings. The first kappa shape index (κ1) is 22.8. The van der Waals surface area contributed by atoms with E-state index in [0.29, 0.717) is 85.9 Å². The van der Waals surface area contributed by atoms with E-state index in [1.54, 1.807) is 0 Å². The van der Waals surface area contributed by atoms with Gasteiger partial charge in [0.15, 0.2) is 0 Å².